The van der Waals surface area contributed by atoms with Crippen LogP contribution in [0.2, 0.25) is 0 Å². The van der Waals surface area contributed by atoms with E-state index in [1.165, 1.54) is 28.4 Å². The number of aliphatic hydroxyl groups is 1. The summed E-state index contributed by atoms with van der Waals surface area (Å²) < 4.78 is 6.16. The van der Waals surface area contributed by atoms with E-state index in [0.29, 0.717) is 27.6 Å². The average molecular weight is 501 g/mol. The number of anilines is 1. The van der Waals surface area contributed by atoms with Gasteiger partial charge in [0.05, 0.1) is 28.9 Å². The van der Waals surface area contributed by atoms with Gasteiger partial charge in [0.25, 0.3) is 5.78 Å². The molecule has 1 fully saturated rings. The second kappa shape index (κ2) is 9.13. The van der Waals surface area contributed by atoms with Crippen LogP contribution in [0.4, 0.5) is 5.13 Å². The number of methoxy groups -OCH3 is 1. The number of aliphatic hydroxyl groups excluding tert-OH is 1. The first-order valence-corrected chi connectivity index (χ1v) is 12.3. The minimum Gasteiger partial charge on any atom is -0.508 e. The lowest BCUT2D eigenvalue weighted by Crippen LogP contribution is -2.29. The van der Waals surface area contributed by atoms with Crippen LogP contribution in [0, 0.1) is 6.92 Å². The number of carbonyl (C=O) groups is 2. The topological polar surface area (TPSA) is 100.0 Å². The van der Waals surface area contributed by atoms with Gasteiger partial charge >= 0.3 is 5.91 Å². The summed E-state index contributed by atoms with van der Waals surface area (Å²) in [6, 6.07) is 16.3. The molecule has 3 aromatic carbocycles. The Morgan fingerprint density at radius 1 is 1.08 bits per heavy atom. The van der Waals surface area contributed by atoms with Crippen molar-refractivity contribution in [2.45, 2.75) is 26.3 Å². The molecule has 2 heterocycles. The average Bonchev–Trinajstić information content (AvgIpc) is 3.41. The summed E-state index contributed by atoms with van der Waals surface area (Å²) in [6.45, 7) is 3.86. The van der Waals surface area contributed by atoms with Crippen LogP contribution in [0.15, 0.2) is 66.2 Å². The number of benzene rings is 3. The summed E-state index contributed by atoms with van der Waals surface area (Å²) in [5.74, 6) is -1.18. The summed E-state index contributed by atoms with van der Waals surface area (Å²) in [5, 5.41) is 21.6. The van der Waals surface area contributed by atoms with E-state index in [4.69, 9.17) is 4.74 Å². The number of amides is 1. The Hall–Kier alpha value is -4.17. The number of aryl methyl sites for hydroxylation is 2. The van der Waals surface area contributed by atoms with Crippen molar-refractivity contribution in [2.75, 3.05) is 12.0 Å². The Balaban J connectivity index is 1.72. The monoisotopic (exact) mass is 500 g/mol. The van der Waals surface area contributed by atoms with Gasteiger partial charge in [-0.1, -0.05) is 36.5 Å². The maximum absolute atomic E-state index is 13.4. The highest BCUT2D eigenvalue weighted by molar-refractivity contribution is 7.22. The third-order valence-electron chi connectivity index (χ3n) is 6.40. The van der Waals surface area contributed by atoms with E-state index in [-0.39, 0.29) is 17.1 Å². The molecule has 1 aromatic heterocycles. The predicted octanol–water partition coefficient (Wildman–Crippen LogP) is 5.51. The molecule has 36 heavy (non-hydrogen) atoms. The van der Waals surface area contributed by atoms with Crippen LogP contribution < -0.4 is 9.64 Å². The van der Waals surface area contributed by atoms with Gasteiger partial charge in [-0.3, -0.25) is 14.5 Å². The van der Waals surface area contributed by atoms with Crippen molar-refractivity contribution in [3.05, 3.63) is 88.5 Å². The third kappa shape index (κ3) is 3.89. The van der Waals surface area contributed by atoms with Crippen molar-refractivity contribution >= 4 is 44.1 Å². The standard InChI is InChI=1S/C28H24N2O5S/c1-4-16-5-12-21-22(14-16)36-28(29-21)30-24(17-6-8-18(31)9-7-17)23(26(33)27(30)34)25(32)20-11-10-19(35-3)13-15(20)2/h5-14,24,31-32H,4H2,1-3H3/b25-23+. The molecule has 0 spiro atoms. The van der Waals surface area contributed by atoms with E-state index in [2.05, 4.69) is 11.9 Å². The lowest BCUT2D eigenvalue weighted by Gasteiger charge is -2.23. The first-order chi connectivity index (χ1) is 17.3. The number of rotatable bonds is 5. The summed E-state index contributed by atoms with van der Waals surface area (Å²) in [6.07, 6.45) is 0.864. The lowest BCUT2D eigenvalue weighted by molar-refractivity contribution is -0.132. The molecule has 182 valence electrons. The van der Waals surface area contributed by atoms with Crippen LogP contribution >= 0.6 is 11.3 Å². The largest absolute Gasteiger partial charge is 0.508 e. The quantitative estimate of drug-likeness (QED) is 0.213. The zero-order chi connectivity index (χ0) is 25.6. The van der Waals surface area contributed by atoms with E-state index >= 15 is 0 Å². The zero-order valence-corrected chi connectivity index (χ0v) is 20.8. The number of carbonyl (C=O) groups excluding carboxylic acids is 2. The Bertz CT molecular complexity index is 1540. The summed E-state index contributed by atoms with van der Waals surface area (Å²) in [7, 11) is 1.55. The summed E-state index contributed by atoms with van der Waals surface area (Å²) in [5.41, 5.74) is 3.51. The number of Topliss-reactive ketones (excluding diaryl/α,β-unsaturated/α-hetero) is 1. The number of phenols is 1. The molecule has 7 nitrogen and oxygen atoms in total. The summed E-state index contributed by atoms with van der Waals surface area (Å²) >= 11 is 1.32. The smallest absolute Gasteiger partial charge is 0.301 e. The van der Waals surface area contributed by atoms with Crippen LogP contribution in [0.5, 0.6) is 11.5 Å². The fraction of sp³-hybridized carbons (Fsp3) is 0.179. The van der Waals surface area contributed by atoms with Crippen molar-refractivity contribution in [3.8, 4) is 11.5 Å². The van der Waals surface area contributed by atoms with Gasteiger partial charge in [0.15, 0.2) is 5.13 Å². The highest BCUT2D eigenvalue weighted by Crippen LogP contribution is 2.45. The van der Waals surface area contributed by atoms with Crippen LogP contribution in [0.1, 0.15) is 35.2 Å². The molecule has 0 saturated carbocycles. The van der Waals surface area contributed by atoms with E-state index < -0.39 is 17.7 Å². The molecule has 0 radical (unpaired) electrons. The molecule has 1 atom stereocenters. The van der Waals surface area contributed by atoms with E-state index in [9.17, 15) is 19.8 Å². The van der Waals surface area contributed by atoms with Crippen molar-refractivity contribution in [1.29, 1.82) is 0 Å². The number of phenolic OH excluding ortho intramolecular Hbond substituents is 1. The van der Waals surface area contributed by atoms with Crippen molar-refractivity contribution in [1.82, 2.24) is 4.98 Å². The van der Waals surface area contributed by atoms with Gasteiger partial charge in [0, 0.05) is 5.56 Å². The molecule has 1 amide bonds. The fourth-order valence-corrected chi connectivity index (χ4v) is 5.51. The van der Waals surface area contributed by atoms with E-state index in [1.54, 1.807) is 44.4 Å². The first-order valence-electron chi connectivity index (χ1n) is 11.5. The van der Waals surface area contributed by atoms with Crippen LogP contribution in [-0.2, 0) is 16.0 Å². The number of nitrogens with zero attached hydrogens (tertiary/aromatic N) is 2. The first kappa shape index (κ1) is 23.6. The lowest BCUT2D eigenvalue weighted by atomic mass is 9.94. The number of aromatic nitrogens is 1. The molecule has 0 aliphatic carbocycles. The number of hydrogen-bond acceptors (Lipinski definition) is 7. The second-order valence-electron chi connectivity index (χ2n) is 8.59. The molecule has 0 bridgehead atoms. The van der Waals surface area contributed by atoms with Gasteiger partial charge in [0.2, 0.25) is 0 Å². The van der Waals surface area contributed by atoms with E-state index in [0.717, 1.165) is 22.2 Å². The number of aromatic hydroxyl groups is 1. The molecule has 5 rings (SSSR count). The highest BCUT2D eigenvalue weighted by atomic mass is 32.1. The van der Waals surface area contributed by atoms with Crippen LogP contribution in [0.3, 0.4) is 0 Å². The SMILES string of the molecule is CCc1ccc2nc(N3C(=O)C(=O)/C(=C(/O)c4ccc(OC)cc4C)C3c3ccc(O)cc3)sc2c1. The number of ether oxygens (including phenoxy) is 1. The maximum Gasteiger partial charge on any atom is 0.301 e. The summed E-state index contributed by atoms with van der Waals surface area (Å²) in [4.78, 5) is 32.8. The van der Waals surface area contributed by atoms with Gasteiger partial charge in [-0.25, -0.2) is 4.98 Å². The van der Waals surface area contributed by atoms with Gasteiger partial charge < -0.3 is 14.9 Å². The number of fused-ring (bicyclic) bond motifs is 1. The molecular weight excluding hydrogens is 476 g/mol. The number of thiazole rings is 1. The maximum atomic E-state index is 13.4. The Morgan fingerprint density at radius 3 is 2.50 bits per heavy atom. The minimum absolute atomic E-state index is 0.0348. The van der Waals surface area contributed by atoms with E-state index in [1.807, 2.05) is 18.2 Å². The normalized spacial score (nSPS) is 17.2. The fourth-order valence-electron chi connectivity index (χ4n) is 4.46. The highest BCUT2D eigenvalue weighted by Gasteiger charge is 2.48. The minimum atomic E-state index is -0.918. The molecule has 1 aliphatic rings. The Morgan fingerprint density at radius 2 is 1.83 bits per heavy atom. The van der Waals surface area contributed by atoms with Crippen molar-refractivity contribution in [3.63, 3.8) is 0 Å². The van der Waals surface area contributed by atoms with Gasteiger partial charge in [-0.15, -0.1) is 0 Å². The molecule has 1 unspecified atom stereocenters. The van der Waals surface area contributed by atoms with Gasteiger partial charge in [-0.05, 0) is 72.5 Å². The molecular formula is C28H24N2O5S. The van der Waals surface area contributed by atoms with Crippen molar-refractivity contribution < 1.29 is 24.5 Å². The van der Waals surface area contributed by atoms with Crippen LogP contribution in [0.25, 0.3) is 16.0 Å². The second-order valence-corrected chi connectivity index (χ2v) is 9.60. The third-order valence-corrected chi connectivity index (χ3v) is 7.42. The predicted molar refractivity (Wildman–Crippen MR) is 140 cm³/mol. The van der Waals surface area contributed by atoms with Gasteiger partial charge in [-0.2, -0.15) is 0 Å². The molecule has 8 heteroatoms. The molecule has 1 saturated heterocycles. The van der Waals surface area contributed by atoms with Gasteiger partial charge in [0.1, 0.15) is 17.3 Å². The Labute approximate surface area is 211 Å². The zero-order valence-electron chi connectivity index (χ0n) is 20.0. The van der Waals surface area contributed by atoms with Crippen LogP contribution in [-0.4, -0.2) is 34.0 Å². The molecule has 2 N–H and O–H groups in total. The number of hydrogen-bond donors (Lipinski definition) is 2. The molecule has 4 aromatic rings. The molecule has 1 aliphatic heterocycles. The Kier molecular flexibility index (Phi) is 5.97. The number of ketones is 1. The van der Waals surface area contributed by atoms with Crippen molar-refractivity contribution in [2.24, 2.45) is 0 Å².